The molecular formula is C11H19NO. The first kappa shape index (κ1) is 9.04. The number of fused-ring (bicyclic) bond motifs is 2. The topological polar surface area (TPSA) is 29.1 Å². The van der Waals surface area contributed by atoms with Crippen molar-refractivity contribution in [1.29, 1.82) is 0 Å². The summed E-state index contributed by atoms with van der Waals surface area (Å²) in [5, 5.41) is 2.81. The van der Waals surface area contributed by atoms with Crippen LogP contribution in [0.4, 0.5) is 0 Å². The molecule has 0 aliphatic heterocycles. The molecule has 1 amide bonds. The first-order valence-electron chi connectivity index (χ1n) is 5.36. The summed E-state index contributed by atoms with van der Waals surface area (Å²) >= 11 is 0. The van der Waals surface area contributed by atoms with E-state index in [0.29, 0.717) is 0 Å². The molecule has 0 radical (unpaired) electrons. The minimum Gasteiger partial charge on any atom is -0.359 e. The molecule has 2 saturated carbocycles. The van der Waals surface area contributed by atoms with E-state index in [9.17, 15) is 4.79 Å². The molecule has 2 fully saturated rings. The van der Waals surface area contributed by atoms with E-state index >= 15 is 0 Å². The molecule has 0 heterocycles. The molecule has 0 aromatic heterocycles. The molecular weight excluding hydrogens is 162 g/mol. The van der Waals surface area contributed by atoms with Crippen LogP contribution in [0.1, 0.15) is 39.0 Å². The molecule has 2 atom stereocenters. The Labute approximate surface area is 80.1 Å². The number of hydrogen-bond acceptors (Lipinski definition) is 1. The van der Waals surface area contributed by atoms with Crippen molar-refractivity contribution in [2.24, 2.45) is 17.3 Å². The summed E-state index contributed by atoms with van der Waals surface area (Å²) in [6.45, 7) is 2.14. The van der Waals surface area contributed by atoms with Gasteiger partial charge in [-0.2, -0.15) is 0 Å². The van der Waals surface area contributed by atoms with Crippen LogP contribution in [0.3, 0.4) is 0 Å². The van der Waals surface area contributed by atoms with Crippen LogP contribution >= 0.6 is 0 Å². The zero-order valence-electron chi connectivity index (χ0n) is 8.60. The Hall–Kier alpha value is -0.530. The fourth-order valence-electron chi connectivity index (χ4n) is 3.39. The lowest BCUT2D eigenvalue weighted by Crippen LogP contribution is -2.41. The summed E-state index contributed by atoms with van der Waals surface area (Å²) in [5.41, 5.74) is -0.0567. The second-order valence-corrected chi connectivity index (χ2v) is 5.09. The lowest BCUT2D eigenvalue weighted by atomic mass is 9.70. The number of carbonyl (C=O) groups excluding carboxylic acids is 1. The third-order valence-electron chi connectivity index (χ3n) is 3.90. The molecule has 0 aromatic carbocycles. The Morgan fingerprint density at radius 1 is 1.31 bits per heavy atom. The minimum absolute atomic E-state index is 0.0567. The molecule has 13 heavy (non-hydrogen) atoms. The van der Waals surface area contributed by atoms with Crippen LogP contribution in [-0.2, 0) is 4.79 Å². The second-order valence-electron chi connectivity index (χ2n) is 5.09. The van der Waals surface area contributed by atoms with Gasteiger partial charge in [-0.3, -0.25) is 4.79 Å². The summed E-state index contributed by atoms with van der Waals surface area (Å²) in [4.78, 5) is 11.7. The molecule has 2 nitrogen and oxygen atoms in total. The van der Waals surface area contributed by atoms with Crippen molar-refractivity contribution >= 4 is 5.91 Å². The molecule has 2 rings (SSSR count). The summed E-state index contributed by atoms with van der Waals surface area (Å²) in [5.74, 6) is 1.92. The maximum Gasteiger partial charge on any atom is 0.225 e. The van der Waals surface area contributed by atoms with Crippen LogP contribution in [0.2, 0.25) is 0 Å². The maximum absolute atomic E-state index is 11.7. The van der Waals surface area contributed by atoms with Gasteiger partial charge >= 0.3 is 0 Å². The molecule has 2 heteroatoms. The van der Waals surface area contributed by atoms with Crippen LogP contribution in [0.15, 0.2) is 0 Å². The standard InChI is InChI=1S/C11H19NO/c1-11(10(13)12-2)6-8-3-4-9(5-8)7-11/h8-9H,3-7H2,1-2H3,(H,12,13). The SMILES string of the molecule is CNC(=O)C1(C)CC2CCC(C2)C1. The van der Waals surface area contributed by atoms with E-state index in [1.54, 1.807) is 7.05 Å². The monoisotopic (exact) mass is 181 g/mol. The molecule has 0 aromatic rings. The first-order valence-corrected chi connectivity index (χ1v) is 5.36. The average Bonchev–Trinajstić information content (AvgIpc) is 2.44. The first-order chi connectivity index (χ1) is 6.14. The quantitative estimate of drug-likeness (QED) is 0.658. The van der Waals surface area contributed by atoms with Crippen LogP contribution in [0, 0.1) is 17.3 Å². The lowest BCUT2D eigenvalue weighted by Gasteiger charge is -2.35. The van der Waals surface area contributed by atoms with Gasteiger partial charge in [-0.15, -0.1) is 0 Å². The van der Waals surface area contributed by atoms with E-state index in [1.165, 1.54) is 19.3 Å². The molecule has 1 N–H and O–H groups in total. The van der Waals surface area contributed by atoms with Crippen LogP contribution in [0.25, 0.3) is 0 Å². The summed E-state index contributed by atoms with van der Waals surface area (Å²) in [7, 11) is 1.75. The van der Waals surface area contributed by atoms with Crippen molar-refractivity contribution in [3.63, 3.8) is 0 Å². The van der Waals surface area contributed by atoms with Crippen molar-refractivity contribution in [3.8, 4) is 0 Å². The molecule has 2 aliphatic rings. The van der Waals surface area contributed by atoms with Crippen molar-refractivity contribution in [1.82, 2.24) is 5.32 Å². The zero-order valence-corrected chi connectivity index (χ0v) is 8.60. The van der Waals surface area contributed by atoms with Gasteiger partial charge < -0.3 is 5.32 Å². The molecule has 2 unspecified atom stereocenters. The van der Waals surface area contributed by atoms with E-state index in [-0.39, 0.29) is 11.3 Å². The van der Waals surface area contributed by atoms with E-state index < -0.39 is 0 Å². The third-order valence-corrected chi connectivity index (χ3v) is 3.90. The van der Waals surface area contributed by atoms with Gasteiger partial charge in [0.1, 0.15) is 0 Å². The fraction of sp³-hybridized carbons (Fsp3) is 0.909. The van der Waals surface area contributed by atoms with Crippen molar-refractivity contribution in [3.05, 3.63) is 0 Å². The van der Waals surface area contributed by atoms with E-state index in [0.717, 1.165) is 24.7 Å². The van der Waals surface area contributed by atoms with Gasteiger partial charge in [0, 0.05) is 12.5 Å². The highest BCUT2D eigenvalue weighted by atomic mass is 16.2. The number of amides is 1. The Morgan fingerprint density at radius 3 is 2.31 bits per heavy atom. The highest BCUT2D eigenvalue weighted by Gasteiger charge is 2.44. The highest BCUT2D eigenvalue weighted by Crippen LogP contribution is 2.50. The largest absolute Gasteiger partial charge is 0.359 e. The Bertz CT molecular complexity index is 212. The van der Waals surface area contributed by atoms with Gasteiger partial charge in [0.2, 0.25) is 5.91 Å². The number of hydrogen-bond donors (Lipinski definition) is 1. The smallest absolute Gasteiger partial charge is 0.225 e. The molecule has 74 valence electrons. The van der Waals surface area contributed by atoms with Crippen molar-refractivity contribution in [2.45, 2.75) is 39.0 Å². The van der Waals surface area contributed by atoms with Crippen LogP contribution in [-0.4, -0.2) is 13.0 Å². The highest BCUT2D eigenvalue weighted by molar-refractivity contribution is 5.82. The van der Waals surface area contributed by atoms with E-state index in [4.69, 9.17) is 0 Å². The van der Waals surface area contributed by atoms with Gasteiger partial charge in [0.05, 0.1) is 0 Å². The van der Waals surface area contributed by atoms with Crippen LogP contribution < -0.4 is 5.32 Å². The Balaban J connectivity index is 2.12. The lowest BCUT2D eigenvalue weighted by molar-refractivity contribution is -0.132. The van der Waals surface area contributed by atoms with E-state index in [2.05, 4.69) is 12.2 Å². The molecule has 2 aliphatic carbocycles. The minimum atomic E-state index is -0.0567. The average molecular weight is 181 g/mol. The summed E-state index contributed by atoms with van der Waals surface area (Å²) < 4.78 is 0. The Morgan fingerprint density at radius 2 is 1.85 bits per heavy atom. The van der Waals surface area contributed by atoms with Gasteiger partial charge in [-0.05, 0) is 31.1 Å². The van der Waals surface area contributed by atoms with E-state index in [1.807, 2.05) is 0 Å². The number of rotatable bonds is 1. The summed E-state index contributed by atoms with van der Waals surface area (Å²) in [6, 6.07) is 0. The maximum atomic E-state index is 11.7. The van der Waals surface area contributed by atoms with Crippen molar-refractivity contribution in [2.75, 3.05) is 7.05 Å². The normalized spacial score (nSPS) is 43.2. The van der Waals surface area contributed by atoms with Crippen LogP contribution in [0.5, 0.6) is 0 Å². The van der Waals surface area contributed by atoms with Gasteiger partial charge in [-0.25, -0.2) is 0 Å². The van der Waals surface area contributed by atoms with Gasteiger partial charge in [0.25, 0.3) is 0 Å². The van der Waals surface area contributed by atoms with Crippen molar-refractivity contribution < 1.29 is 4.79 Å². The third kappa shape index (κ3) is 1.47. The predicted molar refractivity (Wildman–Crippen MR) is 52.2 cm³/mol. The molecule has 0 saturated heterocycles. The fourth-order valence-corrected chi connectivity index (χ4v) is 3.39. The molecule has 2 bridgehead atoms. The summed E-state index contributed by atoms with van der Waals surface area (Å²) in [6.07, 6.45) is 6.33. The number of carbonyl (C=O) groups is 1. The Kier molecular flexibility index (Phi) is 2.09. The zero-order chi connectivity index (χ0) is 9.47. The second kappa shape index (κ2) is 3.00. The molecule has 0 spiro atoms. The predicted octanol–water partition coefficient (Wildman–Crippen LogP) is 1.95. The van der Waals surface area contributed by atoms with Gasteiger partial charge in [-0.1, -0.05) is 19.8 Å². The van der Waals surface area contributed by atoms with Gasteiger partial charge in [0.15, 0.2) is 0 Å². The number of nitrogens with one attached hydrogen (secondary N) is 1.